The quantitative estimate of drug-likeness (QED) is 0.175. The number of ketones is 1. The third-order valence-corrected chi connectivity index (χ3v) is 5.89. The van der Waals surface area contributed by atoms with E-state index in [9.17, 15) is 32.7 Å². The molecule has 7 nitrogen and oxygen atoms in total. The van der Waals surface area contributed by atoms with Crippen LogP contribution in [0.25, 0.3) is 22.0 Å². The van der Waals surface area contributed by atoms with Crippen molar-refractivity contribution in [2.24, 2.45) is 0 Å². The number of carbonyl (C=O) groups excluding carboxylic acids is 2. The first-order valence-electron chi connectivity index (χ1n) is 11.4. The average molecular weight is 525 g/mol. The number of carboxylic acid groups (broad SMARTS) is 1. The van der Waals surface area contributed by atoms with E-state index < -0.39 is 29.8 Å². The van der Waals surface area contributed by atoms with Crippen molar-refractivity contribution in [3.8, 4) is 16.9 Å². The lowest BCUT2D eigenvalue weighted by Crippen LogP contribution is -2.17. The monoisotopic (exact) mass is 525 g/mol. The van der Waals surface area contributed by atoms with Crippen molar-refractivity contribution in [3.63, 3.8) is 0 Å². The Morgan fingerprint density at radius 3 is 2.13 bits per heavy atom. The summed E-state index contributed by atoms with van der Waals surface area (Å²) in [5.74, 6) is -3.85. The first-order valence-corrected chi connectivity index (χ1v) is 11.4. The van der Waals surface area contributed by atoms with E-state index in [1.807, 2.05) is 31.2 Å². The van der Waals surface area contributed by atoms with E-state index in [2.05, 4.69) is 4.74 Å². The number of esters is 1. The SMILES string of the molecule is CC(=O)OCc1c(C(=O)C(=O)O)c2cc(-c3ccc(OC(F)(F)F)cc3)ccc2n1Cc1ccc(C)cc1. The maximum Gasteiger partial charge on any atom is 0.573 e. The molecule has 0 amide bonds. The molecule has 4 aromatic rings. The van der Waals surface area contributed by atoms with E-state index in [1.165, 1.54) is 19.1 Å². The van der Waals surface area contributed by atoms with Gasteiger partial charge in [-0.1, -0.05) is 48.0 Å². The number of ether oxygens (including phenoxy) is 2. The summed E-state index contributed by atoms with van der Waals surface area (Å²) < 4.78 is 48.4. The number of hydrogen-bond donors (Lipinski definition) is 1. The predicted molar refractivity (Wildman–Crippen MR) is 132 cm³/mol. The van der Waals surface area contributed by atoms with Crippen molar-refractivity contribution in [2.45, 2.75) is 33.4 Å². The zero-order chi connectivity index (χ0) is 27.6. The van der Waals surface area contributed by atoms with Crippen molar-refractivity contribution in [1.29, 1.82) is 0 Å². The highest BCUT2D eigenvalue weighted by Crippen LogP contribution is 2.34. The standard InChI is InChI=1S/C28H22F3NO6/c1-16-3-5-18(6-4-16)14-32-23-12-9-20(19-7-10-21(11-8-19)38-28(29,30)31)13-22(23)25(26(34)27(35)36)24(32)15-37-17(2)33/h3-13H,14-15H2,1-2H3,(H,35,36). The van der Waals surface area contributed by atoms with Crippen molar-refractivity contribution < 1.29 is 42.1 Å². The van der Waals surface area contributed by atoms with Gasteiger partial charge in [0.1, 0.15) is 12.4 Å². The molecule has 0 aliphatic rings. The van der Waals surface area contributed by atoms with E-state index in [1.54, 1.807) is 22.8 Å². The van der Waals surface area contributed by atoms with Gasteiger partial charge in [0.15, 0.2) is 0 Å². The van der Waals surface area contributed by atoms with Crippen LogP contribution in [0, 0.1) is 6.92 Å². The molecular formula is C28H22F3NO6. The van der Waals surface area contributed by atoms with Gasteiger partial charge in [-0.05, 0) is 47.9 Å². The van der Waals surface area contributed by atoms with E-state index in [4.69, 9.17) is 4.74 Å². The third kappa shape index (κ3) is 5.86. The molecule has 0 unspecified atom stereocenters. The molecule has 0 saturated carbocycles. The Kier molecular flexibility index (Phi) is 7.25. The minimum absolute atomic E-state index is 0.125. The average Bonchev–Trinajstić information content (AvgIpc) is 3.15. The molecule has 1 aromatic heterocycles. The number of aryl methyl sites for hydroxylation is 1. The van der Waals surface area contributed by atoms with Crippen molar-refractivity contribution >= 4 is 28.6 Å². The van der Waals surface area contributed by atoms with Crippen LogP contribution in [-0.2, 0) is 27.5 Å². The summed E-state index contributed by atoms with van der Waals surface area (Å²) >= 11 is 0. The number of rotatable bonds is 8. The maximum atomic E-state index is 12.9. The number of Topliss-reactive ketones (excluding diaryl/α,β-unsaturated/α-hetero) is 1. The van der Waals surface area contributed by atoms with Gasteiger partial charge in [-0.15, -0.1) is 13.2 Å². The van der Waals surface area contributed by atoms with Gasteiger partial charge in [0.25, 0.3) is 5.78 Å². The molecule has 0 radical (unpaired) electrons. The number of aliphatic carboxylic acids is 1. The summed E-state index contributed by atoms with van der Waals surface area (Å²) in [4.78, 5) is 36.3. The molecule has 10 heteroatoms. The molecule has 0 saturated heterocycles. The number of hydrogen-bond acceptors (Lipinski definition) is 5. The van der Waals surface area contributed by atoms with Crippen LogP contribution in [0.1, 0.15) is 34.1 Å². The van der Waals surface area contributed by atoms with Crippen LogP contribution in [0.5, 0.6) is 5.75 Å². The lowest BCUT2D eigenvalue weighted by atomic mass is 10.0. The summed E-state index contributed by atoms with van der Waals surface area (Å²) in [6, 6.07) is 17.8. The van der Waals surface area contributed by atoms with Crippen LogP contribution in [0.2, 0.25) is 0 Å². The number of carboxylic acids is 1. The number of alkyl halides is 3. The molecular weight excluding hydrogens is 503 g/mol. The van der Waals surface area contributed by atoms with Gasteiger partial charge in [0.2, 0.25) is 0 Å². The Morgan fingerprint density at radius 1 is 0.921 bits per heavy atom. The summed E-state index contributed by atoms with van der Waals surface area (Å²) in [5.41, 5.74) is 3.58. The van der Waals surface area contributed by atoms with Crippen LogP contribution < -0.4 is 4.74 Å². The fourth-order valence-corrected chi connectivity index (χ4v) is 4.17. The topological polar surface area (TPSA) is 94.8 Å². The Morgan fingerprint density at radius 2 is 1.55 bits per heavy atom. The van der Waals surface area contributed by atoms with E-state index in [0.717, 1.165) is 23.3 Å². The number of nitrogens with zero attached hydrogens (tertiary/aromatic N) is 1. The second-order valence-corrected chi connectivity index (χ2v) is 8.61. The van der Waals surface area contributed by atoms with Crippen LogP contribution in [-0.4, -0.2) is 33.8 Å². The number of fused-ring (bicyclic) bond motifs is 1. The smallest absolute Gasteiger partial charge is 0.475 e. The maximum absolute atomic E-state index is 12.9. The van der Waals surface area contributed by atoms with Gasteiger partial charge < -0.3 is 19.1 Å². The zero-order valence-corrected chi connectivity index (χ0v) is 20.3. The molecule has 38 heavy (non-hydrogen) atoms. The molecule has 0 bridgehead atoms. The Bertz CT molecular complexity index is 1520. The lowest BCUT2D eigenvalue weighted by Gasteiger charge is -2.12. The second kappa shape index (κ2) is 10.4. The minimum atomic E-state index is -4.83. The van der Waals surface area contributed by atoms with Crippen LogP contribution in [0.3, 0.4) is 0 Å². The van der Waals surface area contributed by atoms with Gasteiger partial charge in [-0.3, -0.25) is 9.59 Å². The molecule has 4 rings (SSSR count). The van der Waals surface area contributed by atoms with E-state index in [0.29, 0.717) is 22.0 Å². The molecule has 1 N–H and O–H groups in total. The Hall–Kier alpha value is -4.60. The summed E-state index contributed by atoms with van der Waals surface area (Å²) in [6.07, 6.45) is -4.83. The molecule has 0 atom stereocenters. The highest BCUT2D eigenvalue weighted by molar-refractivity contribution is 6.42. The Labute approximate surface area is 215 Å². The molecule has 196 valence electrons. The highest BCUT2D eigenvalue weighted by Gasteiger charge is 2.31. The van der Waals surface area contributed by atoms with Crippen LogP contribution in [0.15, 0.2) is 66.7 Å². The number of aromatic nitrogens is 1. The van der Waals surface area contributed by atoms with Crippen molar-refractivity contribution in [2.75, 3.05) is 0 Å². The predicted octanol–water partition coefficient (Wildman–Crippen LogP) is 5.89. The van der Waals surface area contributed by atoms with Crippen LogP contribution >= 0.6 is 0 Å². The normalized spacial score (nSPS) is 11.4. The van der Waals surface area contributed by atoms with Gasteiger partial charge in [0.05, 0.1) is 11.3 Å². The fraction of sp³-hybridized carbons (Fsp3) is 0.179. The summed E-state index contributed by atoms with van der Waals surface area (Å²) in [7, 11) is 0. The largest absolute Gasteiger partial charge is 0.573 e. The van der Waals surface area contributed by atoms with Crippen LogP contribution in [0.4, 0.5) is 13.2 Å². The van der Waals surface area contributed by atoms with E-state index in [-0.39, 0.29) is 24.4 Å². The van der Waals surface area contributed by atoms with Crippen molar-refractivity contribution in [3.05, 3.63) is 89.1 Å². The molecule has 0 aliphatic carbocycles. The first kappa shape index (κ1) is 26.5. The fourth-order valence-electron chi connectivity index (χ4n) is 4.17. The van der Waals surface area contributed by atoms with Crippen molar-refractivity contribution in [1.82, 2.24) is 4.57 Å². The summed E-state index contributed by atoms with van der Waals surface area (Å²) in [6.45, 7) is 3.08. The van der Waals surface area contributed by atoms with Gasteiger partial charge in [-0.2, -0.15) is 0 Å². The number of benzene rings is 3. The van der Waals surface area contributed by atoms with Gasteiger partial charge >= 0.3 is 18.3 Å². The summed E-state index contributed by atoms with van der Waals surface area (Å²) in [5, 5.41) is 9.87. The van der Waals surface area contributed by atoms with Gasteiger partial charge in [0, 0.05) is 24.4 Å². The molecule has 0 fully saturated rings. The molecule has 0 spiro atoms. The Balaban J connectivity index is 1.88. The highest BCUT2D eigenvalue weighted by atomic mass is 19.4. The first-order chi connectivity index (χ1) is 17.9. The number of carbonyl (C=O) groups is 3. The zero-order valence-electron chi connectivity index (χ0n) is 20.3. The van der Waals surface area contributed by atoms with Gasteiger partial charge in [-0.25, -0.2) is 4.79 Å². The molecule has 3 aromatic carbocycles. The lowest BCUT2D eigenvalue weighted by molar-refractivity contribution is -0.274. The minimum Gasteiger partial charge on any atom is -0.475 e. The second-order valence-electron chi connectivity index (χ2n) is 8.61. The molecule has 1 heterocycles. The number of halogens is 3. The molecule has 0 aliphatic heterocycles. The van der Waals surface area contributed by atoms with E-state index >= 15 is 0 Å². The third-order valence-electron chi connectivity index (χ3n) is 5.89.